The molecule has 0 aliphatic carbocycles. The molecule has 2 aromatic rings. The van der Waals surface area contributed by atoms with E-state index >= 15 is 0 Å². The summed E-state index contributed by atoms with van der Waals surface area (Å²) in [7, 11) is 1.64. The van der Waals surface area contributed by atoms with E-state index in [-0.39, 0.29) is 24.3 Å². The van der Waals surface area contributed by atoms with E-state index in [1.54, 1.807) is 30.6 Å². The standard InChI is InChI=1S/C16H19FN2OS.ClH/c1-20-14-5-4-12(17)11-13(14)16(15-3-2-10-21-15)19-8-6-18-7-9-19;/h2-5,10-11,16,18H,6-9H2,1H3;1H/t16-;/m1./s1. The Morgan fingerprint density at radius 3 is 2.68 bits per heavy atom. The van der Waals surface area contributed by atoms with Crippen LogP contribution >= 0.6 is 23.7 Å². The second kappa shape index (κ2) is 7.92. The van der Waals surface area contributed by atoms with Crippen LogP contribution in [0.25, 0.3) is 0 Å². The largest absolute Gasteiger partial charge is 0.496 e. The maximum absolute atomic E-state index is 13.8. The van der Waals surface area contributed by atoms with Gasteiger partial charge in [-0.2, -0.15) is 0 Å². The lowest BCUT2D eigenvalue weighted by molar-refractivity contribution is 0.197. The molecule has 1 saturated heterocycles. The molecule has 22 heavy (non-hydrogen) atoms. The zero-order valence-corrected chi connectivity index (χ0v) is 14.1. The van der Waals surface area contributed by atoms with E-state index in [0.717, 1.165) is 37.5 Å². The van der Waals surface area contributed by atoms with Crippen molar-refractivity contribution in [2.24, 2.45) is 0 Å². The number of nitrogens with zero attached hydrogens (tertiary/aromatic N) is 1. The molecular formula is C16H20ClFN2OS. The number of halogens is 2. The molecule has 120 valence electrons. The van der Waals surface area contributed by atoms with Crippen molar-refractivity contribution in [1.29, 1.82) is 0 Å². The maximum atomic E-state index is 13.8. The van der Waals surface area contributed by atoms with Gasteiger partial charge in [-0.1, -0.05) is 6.07 Å². The smallest absolute Gasteiger partial charge is 0.124 e. The van der Waals surface area contributed by atoms with Crippen LogP contribution in [0.3, 0.4) is 0 Å². The normalized spacial score (nSPS) is 16.8. The fourth-order valence-corrected chi connectivity index (χ4v) is 3.71. The molecule has 6 heteroatoms. The zero-order chi connectivity index (χ0) is 14.7. The van der Waals surface area contributed by atoms with Crippen LogP contribution in [0.15, 0.2) is 35.7 Å². The Bertz CT molecular complexity index is 588. The maximum Gasteiger partial charge on any atom is 0.124 e. The summed E-state index contributed by atoms with van der Waals surface area (Å²) in [5, 5.41) is 5.43. The lowest BCUT2D eigenvalue weighted by Crippen LogP contribution is -2.45. The monoisotopic (exact) mass is 342 g/mol. The molecule has 1 aliphatic rings. The van der Waals surface area contributed by atoms with Crippen LogP contribution in [0, 0.1) is 5.82 Å². The Balaban J connectivity index is 0.00000176. The summed E-state index contributed by atoms with van der Waals surface area (Å²) in [6.07, 6.45) is 0. The minimum absolute atomic E-state index is 0. The van der Waals surface area contributed by atoms with E-state index in [0.29, 0.717) is 0 Å². The first-order chi connectivity index (χ1) is 10.3. The first-order valence-electron chi connectivity index (χ1n) is 7.11. The number of piperazine rings is 1. The molecule has 1 aromatic carbocycles. The van der Waals surface area contributed by atoms with Gasteiger partial charge in [0.2, 0.25) is 0 Å². The van der Waals surface area contributed by atoms with E-state index < -0.39 is 0 Å². The molecule has 1 N–H and O–H groups in total. The SMILES string of the molecule is COc1ccc(F)cc1[C@H](c1cccs1)N1CCNCC1.Cl. The van der Waals surface area contributed by atoms with Crippen LogP contribution in [-0.2, 0) is 0 Å². The number of rotatable bonds is 4. The molecule has 3 nitrogen and oxygen atoms in total. The molecule has 0 bridgehead atoms. The topological polar surface area (TPSA) is 24.5 Å². The minimum atomic E-state index is -0.220. The molecule has 1 aliphatic heterocycles. The predicted molar refractivity (Wildman–Crippen MR) is 90.8 cm³/mol. The summed E-state index contributed by atoms with van der Waals surface area (Å²) < 4.78 is 19.2. The van der Waals surface area contributed by atoms with Crippen molar-refractivity contribution < 1.29 is 9.13 Å². The van der Waals surface area contributed by atoms with Gasteiger partial charge in [-0.3, -0.25) is 4.90 Å². The first-order valence-corrected chi connectivity index (χ1v) is 7.99. The first kappa shape index (κ1) is 17.2. The van der Waals surface area contributed by atoms with Crippen LogP contribution in [0.4, 0.5) is 4.39 Å². The van der Waals surface area contributed by atoms with Crippen LogP contribution in [0.5, 0.6) is 5.75 Å². The number of ether oxygens (including phenoxy) is 1. The van der Waals surface area contributed by atoms with Crippen molar-refractivity contribution in [2.45, 2.75) is 6.04 Å². The molecule has 2 heterocycles. The van der Waals surface area contributed by atoms with Crippen molar-refractivity contribution in [3.8, 4) is 5.75 Å². The van der Waals surface area contributed by atoms with Gasteiger partial charge in [0.1, 0.15) is 11.6 Å². The van der Waals surface area contributed by atoms with Crippen molar-refractivity contribution in [3.05, 3.63) is 52.0 Å². The van der Waals surface area contributed by atoms with Gasteiger partial charge >= 0.3 is 0 Å². The van der Waals surface area contributed by atoms with Gasteiger partial charge < -0.3 is 10.1 Å². The number of nitrogens with one attached hydrogen (secondary N) is 1. The highest BCUT2D eigenvalue weighted by atomic mass is 35.5. The summed E-state index contributed by atoms with van der Waals surface area (Å²) >= 11 is 1.70. The van der Waals surface area contributed by atoms with E-state index in [1.165, 1.54) is 10.9 Å². The quantitative estimate of drug-likeness (QED) is 0.922. The highest BCUT2D eigenvalue weighted by Crippen LogP contribution is 2.37. The zero-order valence-electron chi connectivity index (χ0n) is 12.4. The van der Waals surface area contributed by atoms with Gasteiger partial charge in [-0.15, -0.1) is 23.7 Å². The molecular weight excluding hydrogens is 323 g/mol. The van der Waals surface area contributed by atoms with Crippen LogP contribution < -0.4 is 10.1 Å². The Hall–Kier alpha value is -1.14. The molecule has 0 spiro atoms. The second-order valence-electron chi connectivity index (χ2n) is 5.09. The van der Waals surface area contributed by atoms with Crippen molar-refractivity contribution in [1.82, 2.24) is 10.2 Å². The van der Waals surface area contributed by atoms with Crippen molar-refractivity contribution >= 4 is 23.7 Å². The number of thiophene rings is 1. The Labute approximate surface area is 140 Å². The highest BCUT2D eigenvalue weighted by molar-refractivity contribution is 7.10. The van der Waals surface area contributed by atoms with Crippen LogP contribution in [0.1, 0.15) is 16.5 Å². The summed E-state index contributed by atoms with van der Waals surface area (Å²) in [5.74, 6) is 0.524. The highest BCUT2D eigenvalue weighted by Gasteiger charge is 2.27. The predicted octanol–water partition coefficient (Wildman–Crippen LogP) is 3.31. The Morgan fingerprint density at radius 1 is 1.27 bits per heavy atom. The van der Waals surface area contributed by atoms with E-state index in [2.05, 4.69) is 21.7 Å². The molecule has 0 saturated carbocycles. The third kappa shape index (κ3) is 3.60. The number of methoxy groups -OCH3 is 1. The van der Waals surface area contributed by atoms with Crippen molar-refractivity contribution in [2.75, 3.05) is 33.3 Å². The van der Waals surface area contributed by atoms with E-state index in [9.17, 15) is 4.39 Å². The van der Waals surface area contributed by atoms with Gasteiger partial charge in [0.15, 0.2) is 0 Å². The molecule has 0 radical (unpaired) electrons. The van der Waals surface area contributed by atoms with Crippen LogP contribution in [0.2, 0.25) is 0 Å². The van der Waals surface area contributed by atoms with E-state index in [1.807, 2.05) is 6.07 Å². The average molecular weight is 343 g/mol. The fourth-order valence-electron chi connectivity index (χ4n) is 2.84. The average Bonchev–Trinajstić information content (AvgIpc) is 3.03. The molecule has 1 fully saturated rings. The molecule has 0 unspecified atom stereocenters. The summed E-state index contributed by atoms with van der Waals surface area (Å²) in [6, 6.07) is 8.98. The van der Waals surface area contributed by atoms with Gasteiger partial charge in [0.25, 0.3) is 0 Å². The lowest BCUT2D eigenvalue weighted by atomic mass is 10.0. The van der Waals surface area contributed by atoms with Gasteiger partial charge in [0, 0.05) is 36.6 Å². The molecule has 1 atom stereocenters. The van der Waals surface area contributed by atoms with Gasteiger partial charge in [-0.05, 0) is 29.6 Å². The van der Waals surface area contributed by atoms with Gasteiger partial charge in [-0.25, -0.2) is 4.39 Å². The van der Waals surface area contributed by atoms with Crippen molar-refractivity contribution in [3.63, 3.8) is 0 Å². The summed E-state index contributed by atoms with van der Waals surface area (Å²) in [5.41, 5.74) is 0.904. The minimum Gasteiger partial charge on any atom is -0.496 e. The number of hydrogen-bond acceptors (Lipinski definition) is 4. The Morgan fingerprint density at radius 2 is 2.05 bits per heavy atom. The van der Waals surface area contributed by atoms with Gasteiger partial charge in [0.05, 0.1) is 13.2 Å². The third-order valence-corrected chi connectivity index (χ3v) is 4.74. The molecule has 0 amide bonds. The molecule has 1 aromatic heterocycles. The number of hydrogen-bond donors (Lipinski definition) is 1. The lowest BCUT2D eigenvalue weighted by Gasteiger charge is -2.35. The summed E-state index contributed by atoms with van der Waals surface area (Å²) in [6.45, 7) is 3.81. The Kier molecular flexibility index (Phi) is 6.20. The summed E-state index contributed by atoms with van der Waals surface area (Å²) in [4.78, 5) is 3.61. The van der Waals surface area contributed by atoms with E-state index in [4.69, 9.17) is 4.74 Å². The second-order valence-corrected chi connectivity index (χ2v) is 6.07. The third-order valence-electron chi connectivity index (χ3n) is 3.82. The number of benzene rings is 1. The van der Waals surface area contributed by atoms with Crippen LogP contribution in [-0.4, -0.2) is 38.2 Å². The fraction of sp³-hybridized carbons (Fsp3) is 0.375. The molecule has 3 rings (SSSR count).